The van der Waals surface area contributed by atoms with Gasteiger partial charge in [-0.2, -0.15) is 0 Å². The molecule has 5 heteroatoms. The van der Waals surface area contributed by atoms with Crippen LogP contribution in [0.1, 0.15) is 11.1 Å². The molecular weight excluding hydrogens is 260 g/mol. The topological polar surface area (TPSA) is 28.2 Å². The maximum Gasteiger partial charge on any atom is 0.170 e. The highest BCUT2D eigenvalue weighted by molar-refractivity contribution is 5.43. The first-order chi connectivity index (χ1) is 9.63. The van der Waals surface area contributed by atoms with Crippen molar-refractivity contribution in [1.82, 2.24) is 10.3 Å². The van der Waals surface area contributed by atoms with Gasteiger partial charge in [-0.1, -0.05) is 18.2 Å². The van der Waals surface area contributed by atoms with Gasteiger partial charge < -0.3 is 10.2 Å². The van der Waals surface area contributed by atoms with Crippen molar-refractivity contribution in [3.63, 3.8) is 0 Å². The number of rotatable bonds is 5. The van der Waals surface area contributed by atoms with Gasteiger partial charge >= 0.3 is 0 Å². The average molecular weight is 277 g/mol. The van der Waals surface area contributed by atoms with Gasteiger partial charge in [0.05, 0.1) is 0 Å². The number of hydrogen-bond donors (Lipinski definition) is 1. The minimum Gasteiger partial charge on any atom is -0.353 e. The van der Waals surface area contributed by atoms with Gasteiger partial charge in [0.1, 0.15) is 5.82 Å². The van der Waals surface area contributed by atoms with Crippen molar-refractivity contribution in [3.05, 3.63) is 59.3 Å². The molecule has 1 aromatic heterocycles. The summed E-state index contributed by atoms with van der Waals surface area (Å²) in [5.74, 6) is -0.451. The molecule has 0 spiro atoms. The van der Waals surface area contributed by atoms with Gasteiger partial charge in [0, 0.05) is 37.5 Å². The Morgan fingerprint density at radius 3 is 2.60 bits per heavy atom. The first-order valence-electron chi connectivity index (χ1n) is 6.36. The van der Waals surface area contributed by atoms with Crippen LogP contribution in [0.5, 0.6) is 0 Å². The number of nitrogens with one attached hydrogen (secondary N) is 1. The van der Waals surface area contributed by atoms with E-state index < -0.39 is 0 Å². The molecule has 0 bridgehead atoms. The SMILES string of the molecule is CNCc1ccnc(N(C)Cc2ccccc2F)c1F. The van der Waals surface area contributed by atoms with E-state index in [1.807, 2.05) is 0 Å². The standard InChI is InChI=1S/C15H17F2N3/c1-18-9-11-7-8-19-15(14(11)17)20(2)10-12-5-3-4-6-13(12)16/h3-8,18H,9-10H2,1-2H3. The third kappa shape index (κ3) is 3.11. The summed E-state index contributed by atoms with van der Waals surface area (Å²) in [7, 11) is 3.45. The Labute approximate surface area is 117 Å². The zero-order chi connectivity index (χ0) is 14.5. The van der Waals surface area contributed by atoms with E-state index in [-0.39, 0.29) is 24.0 Å². The molecule has 0 aliphatic carbocycles. The second kappa shape index (κ2) is 6.43. The summed E-state index contributed by atoms with van der Waals surface area (Å²) in [4.78, 5) is 5.65. The van der Waals surface area contributed by atoms with E-state index in [2.05, 4.69) is 10.3 Å². The highest BCUT2D eigenvalue weighted by Crippen LogP contribution is 2.20. The Hall–Kier alpha value is -2.01. The average Bonchev–Trinajstić information content (AvgIpc) is 2.44. The van der Waals surface area contributed by atoms with Crippen LogP contribution >= 0.6 is 0 Å². The largest absolute Gasteiger partial charge is 0.353 e. The molecule has 20 heavy (non-hydrogen) atoms. The molecule has 1 aromatic carbocycles. The summed E-state index contributed by atoms with van der Waals surface area (Å²) in [5.41, 5.74) is 1.05. The number of nitrogens with zero attached hydrogens (tertiary/aromatic N) is 2. The van der Waals surface area contributed by atoms with Gasteiger partial charge in [0.15, 0.2) is 11.6 Å². The van der Waals surface area contributed by atoms with Crippen LogP contribution in [0.4, 0.5) is 14.6 Å². The van der Waals surface area contributed by atoms with Gasteiger partial charge in [-0.05, 0) is 19.2 Å². The molecule has 0 amide bonds. The molecule has 0 atom stereocenters. The molecule has 0 unspecified atom stereocenters. The first kappa shape index (κ1) is 14.4. The van der Waals surface area contributed by atoms with Crippen LogP contribution in [-0.2, 0) is 13.1 Å². The third-order valence-corrected chi connectivity index (χ3v) is 3.04. The molecule has 2 aromatic rings. The van der Waals surface area contributed by atoms with Gasteiger partial charge in [0.25, 0.3) is 0 Å². The van der Waals surface area contributed by atoms with Crippen molar-refractivity contribution in [1.29, 1.82) is 0 Å². The quantitative estimate of drug-likeness (QED) is 0.911. The predicted molar refractivity (Wildman–Crippen MR) is 75.5 cm³/mol. The number of aromatic nitrogens is 1. The Kier molecular flexibility index (Phi) is 4.63. The fraction of sp³-hybridized carbons (Fsp3) is 0.267. The first-order valence-corrected chi connectivity index (χ1v) is 6.36. The van der Waals surface area contributed by atoms with Crippen molar-refractivity contribution in [2.75, 3.05) is 19.0 Å². The van der Waals surface area contributed by atoms with E-state index in [0.29, 0.717) is 17.7 Å². The van der Waals surface area contributed by atoms with Crippen molar-refractivity contribution >= 4 is 5.82 Å². The van der Waals surface area contributed by atoms with Crippen LogP contribution < -0.4 is 10.2 Å². The van der Waals surface area contributed by atoms with Crippen molar-refractivity contribution < 1.29 is 8.78 Å². The summed E-state index contributed by atoms with van der Waals surface area (Å²) in [6.45, 7) is 0.689. The molecule has 0 saturated heterocycles. The van der Waals surface area contributed by atoms with E-state index in [9.17, 15) is 8.78 Å². The normalized spacial score (nSPS) is 10.6. The fourth-order valence-corrected chi connectivity index (χ4v) is 2.02. The van der Waals surface area contributed by atoms with E-state index >= 15 is 0 Å². The summed E-state index contributed by atoms with van der Waals surface area (Å²) in [5, 5.41) is 2.90. The van der Waals surface area contributed by atoms with Crippen LogP contribution in [0.15, 0.2) is 36.5 Å². The molecule has 0 radical (unpaired) electrons. The summed E-state index contributed by atoms with van der Waals surface area (Å²) < 4.78 is 27.9. The number of benzene rings is 1. The summed E-state index contributed by atoms with van der Waals surface area (Å²) in [6.07, 6.45) is 1.56. The van der Waals surface area contributed by atoms with Crippen LogP contribution in [0, 0.1) is 11.6 Å². The molecule has 106 valence electrons. The van der Waals surface area contributed by atoms with E-state index in [4.69, 9.17) is 0 Å². The van der Waals surface area contributed by atoms with Gasteiger partial charge in [-0.25, -0.2) is 13.8 Å². The lowest BCUT2D eigenvalue weighted by molar-refractivity contribution is 0.583. The number of anilines is 1. The Bertz CT molecular complexity index is 587. The zero-order valence-corrected chi connectivity index (χ0v) is 11.5. The molecule has 2 rings (SSSR count). The maximum atomic E-state index is 14.3. The lowest BCUT2D eigenvalue weighted by Gasteiger charge is -2.20. The smallest absolute Gasteiger partial charge is 0.170 e. The number of hydrogen-bond acceptors (Lipinski definition) is 3. The van der Waals surface area contributed by atoms with Gasteiger partial charge in [-0.15, -0.1) is 0 Å². The van der Waals surface area contributed by atoms with Crippen LogP contribution in [-0.4, -0.2) is 19.1 Å². The summed E-state index contributed by atoms with van der Waals surface area (Å²) >= 11 is 0. The zero-order valence-electron chi connectivity index (χ0n) is 11.5. The van der Waals surface area contributed by atoms with Crippen molar-refractivity contribution in [3.8, 4) is 0 Å². The highest BCUT2D eigenvalue weighted by Gasteiger charge is 2.14. The second-order valence-corrected chi connectivity index (χ2v) is 4.59. The third-order valence-electron chi connectivity index (χ3n) is 3.04. The Morgan fingerprint density at radius 2 is 1.90 bits per heavy atom. The molecule has 3 nitrogen and oxygen atoms in total. The predicted octanol–water partition coefficient (Wildman–Crippen LogP) is 2.72. The van der Waals surface area contributed by atoms with Crippen molar-refractivity contribution in [2.45, 2.75) is 13.1 Å². The van der Waals surface area contributed by atoms with Crippen molar-refractivity contribution in [2.24, 2.45) is 0 Å². The van der Waals surface area contributed by atoms with Gasteiger partial charge in [-0.3, -0.25) is 0 Å². The monoisotopic (exact) mass is 277 g/mol. The van der Waals surface area contributed by atoms with E-state index in [0.717, 1.165) is 0 Å². The fourth-order valence-electron chi connectivity index (χ4n) is 2.02. The molecule has 1 heterocycles. The molecule has 1 N–H and O–H groups in total. The van der Waals surface area contributed by atoms with Crippen LogP contribution in [0.25, 0.3) is 0 Å². The molecular formula is C15H17F2N3. The highest BCUT2D eigenvalue weighted by atomic mass is 19.1. The lowest BCUT2D eigenvalue weighted by atomic mass is 10.2. The van der Waals surface area contributed by atoms with Gasteiger partial charge in [0.2, 0.25) is 0 Å². The Morgan fingerprint density at radius 1 is 1.15 bits per heavy atom. The van der Waals surface area contributed by atoms with Crippen LogP contribution in [0.2, 0.25) is 0 Å². The molecule has 0 fully saturated rings. The minimum absolute atomic E-state index is 0.223. The van der Waals surface area contributed by atoms with E-state index in [1.165, 1.54) is 6.07 Å². The molecule has 0 aliphatic heterocycles. The molecule has 0 aliphatic rings. The minimum atomic E-state index is -0.374. The second-order valence-electron chi connectivity index (χ2n) is 4.59. The lowest BCUT2D eigenvalue weighted by Crippen LogP contribution is -2.21. The number of halogens is 2. The number of pyridine rings is 1. The molecule has 0 saturated carbocycles. The van der Waals surface area contributed by atoms with Crippen LogP contribution in [0.3, 0.4) is 0 Å². The summed E-state index contributed by atoms with van der Waals surface area (Å²) in [6, 6.07) is 8.09. The van der Waals surface area contributed by atoms with E-state index in [1.54, 1.807) is 49.5 Å². The Balaban J connectivity index is 2.23. The maximum absolute atomic E-state index is 14.3.